The van der Waals surface area contributed by atoms with Crippen molar-refractivity contribution in [2.45, 2.75) is 31.0 Å². The van der Waals surface area contributed by atoms with E-state index in [9.17, 15) is 0 Å². The van der Waals surface area contributed by atoms with E-state index < -0.39 is 0 Å². The van der Waals surface area contributed by atoms with Gasteiger partial charge in [-0.1, -0.05) is 18.2 Å². The fraction of sp³-hybridized carbons (Fsp3) is 0.778. The number of hydrogen-bond acceptors (Lipinski definition) is 4. The molecule has 1 aromatic rings. The van der Waals surface area contributed by atoms with Crippen molar-refractivity contribution in [1.29, 1.82) is 0 Å². The summed E-state index contributed by atoms with van der Waals surface area (Å²) in [6.45, 7) is 0.466. The van der Waals surface area contributed by atoms with Crippen LogP contribution in [0.2, 0.25) is 0 Å². The third-order valence-corrected chi connectivity index (χ3v) is 4.03. The zero-order chi connectivity index (χ0) is 9.97. The summed E-state index contributed by atoms with van der Waals surface area (Å²) >= 11 is 1.80. The second-order valence-electron chi connectivity index (χ2n) is 3.77. The summed E-state index contributed by atoms with van der Waals surface area (Å²) in [5, 5.41) is 9.13. The maximum absolute atomic E-state index is 5.52. The maximum atomic E-state index is 5.52. The molecule has 0 unspecified atom stereocenters. The van der Waals surface area contributed by atoms with Crippen LogP contribution in [0, 0.1) is 5.92 Å². The normalized spacial score (nSPS) is 17.0. The molecule has 0 bridgehead atoms. The lowest BCUT2D eigenvalue weighted by atomic mass is 9.87. The van der Waals surface area contributed by atoms with E-state index in [2.05, 4.69) is 10.2 Å². The van der Waals surface area contributed by atoms with Crippen LogP contribution in [0.15, 0.2) is 5.16 Å². The Morgan fingerprint density at radius 1 is 1.50 bits per heavy atom. The lowest BCUT2D eigenvalue weighted by molar-refractivity contribution is 0.353. The number of nitrogens with two attached hydrogens (primary N) is 1. The van der Waals surface area contributed by atoms with E-state index in [-0.39, 0.29) is 0 Å². The second kappa shape index (κ2) is 4.31. The van der Waals surface area contributed by atoms with Gasteiger partial charge >= 0.3 is 0 Å². The minimum Gasteiger partial charge on any atom is -0.324 e. The van der Waals surface area contributed by atoms with Gasteiger partial charge in [-0.3, -0.25) is 0 Å². The number of aromatic nitrogens is 3. The summed E-state index contributed by atoms with van der Waals surface area (Å²) < 4.78 is 1.99. The number of rotatable bonds is 4. The molecule has 5 heteroatoms. The van der Waals surface area contributed by atoms with Crippen molar-refractivity contribution in [3.05, 3.63) is 5.82 Å². The molecule has 2 N–H and O–H groups in total. The van der Waals surface area contributed by atoms with E-state index in [1.165, 1.54) is 25.0 Å². The van der Waals surface area contributed by atoms with Gasteiger partial charge in [0, 0.05) is 12.8 Å². The molecule has 1 fully saturated rings. The molecular formula is C9H16N4S. The van der Waals surface area contributed by atoms with Gasteiger partial charge in [-0.05, 0) is 18.8 Å². The molecule has 0 atom stereocenters. The summed E-state index contributed by atoms with van der Waals surface area (Å²) in [7, 11) is 1.98. The van der Waals surface area contributed by atoms with Gasteiger partial charge in [0.15, 0.2) is 5.16 Å². The number of thioether (sulfide) groups is 1. The van der Waals surface area contributed by atoms with Gasteiger partial charge in [-0.2, -0.15) is 0 Å². The summed E-state index contributed by atoms with van der Waals surface area (Å²) in [6.07, 6.45) is 4.17. The van der Waals surface area contributed by atoms with Gasteiger partial charge in [-0.15, -0.1) is 10.2 Å². The van der Waals surface area contributed by atoms with Crippen LogP contribution < -0.4 is 5.73 Å². The van der Waals surface area contributed by atoms with E-state index in [4.69, 9.17) is 5.73 Å². The smallest absolute Gasteiger partial charge is 0.190 e. The fourth-order valence-electron chi connectivity index (χ4n) is 1.50. The first-order chi connectivity index (χ1) is 6.81. The molecule has 1 heterocycles. The van der Waals surface area contributed by atoms with Gasteiger partial charge < -0.3 is 10.3 Å². The average Bonchev–Trinajstić information content (AvgIpc) is 2.45. The van der Waals surface area contributed by atoms with Crippen LogP contribution in [0.5, 0.6) is 0 Å². The molecule has 78 valence electrons. The Labute approximate surface area is 88.3 Å². The molecule has 0 spiro atoms. The Balaban J connectivity index is 1.91. The molecule has 1 aliphatic carbocycles. The highest BCUT2D eigenvalue weighted by atomic mass is 32.2. The van der Waals surface area contributed by atoms with E-state index in [1.54, 1.807) is 11.8 Å². The zero-order valence-corrected chi connectivity index (χ0v) is 9.26. The Bertz CT molecular complexity index is 306. The molecule has 1 aliphatic rings. The summed E-state index contributed by atoms with van der Waals surface area (Å²) in [5.41, 5.74) is 5.52. The molecular weight excluding hydrogens is 196 g/mol. The van der Waals surface area contributed by atoms with Crippen molar-refractivity contribution >= 4 is 11.8 Å². The minimum absolute atomic E-state index is 0.466. The SMILES string of the molecule is Cn1c(CN)nnc1SCC1CCC1. The number of hydrogen-bond donors (Lipinski definition) is 1. The van der Waals surface area contributed by atoms with Gasteiger partial charge in [0.05, 0.1) is 6.54 Å². The first-order valence-electron chi connectivity index (χ1n) is 5.02. The molecule has 2 rings (SSSR count). The lowest BCUT2D eigenvalue weighted by Crippen LogP contribution is -2.13. The predicted molar refractivity (Wildman–Crippen MR) is 57.0 cm³/mol. The van der Waals surface area contributed by atoms with Crippen LogP contribution in [0.3, 0.4) is 0 Å². The monoisotopic (exact) mass is 212 g/mol. The quantitative estimate of drug-likeness (QED) is 0.761. The van der Waals surface area contributed by atoms with E-state index in [0.29, 0.717) is 6.54 Å². The molecule has 0 radical (unpaired) electrons. The maximum Gasteiger partial charge on any atom is 0.190 e. The van der Waals surface area contributed by atoms with Gasteiger partial charge in [0.2, 0.25) is 0 Å². The first kappa shape index (κ1) is 9.98. The van der Waals surface area contributed by atoms with E-state index >= 15 is 0 Å². The Morgan fingerprint density at radius 2 is 2.29 bits per heavy atom. The van der Waals surface area contributed by atoms with Gasteiger partial charge in [-0.25, -0.2) is 0 Å². The molecule has 1 saturated carbocycles. The highest BCUT2D eigenvalue weighted by Crippen LogP contribution is 2.31. The van der Waals surface area contributed by atoms with E-state index in [1.807, 2.05) is 11.6 Å². The van der Waals surface area contributed by atoms with Crippen molar-refractivity contribution in [2.24, 2.45) is 18.7 Å². The van der Waals surface area contributed by atoms with Crippen LogP contribution in [0.25, 0.3) is 0 Å². The van der Waals surface area contributed by atoms with Crippen molar-refractivity contribution in [3.8, 4) is 0 Å². The first-order valence-corrected chi connectivity index (χ1v) is 6.01. The van der Waals surface area contributed by atoms with Gasteiger partial charge in [0.1, 0.15) is 5.82 Å². The molecule has 0 aliphatic heterocycles. The van der Waals surface area contributed by atoms with Crippen molar-refractivity contribution in [1.82, 2.24) is 14.8 Å². The topological polar surface area (TPSA) is 56.7 Å². The Kier molecular flexibility index (Phi) is 3.08. The van der Waals surface area contributed by atoms with Crippen LogP contribution in [0.1, 0.15) is 25.1 Å². The molecule has 0 aromatic carbocycles. The predicted octanol–water partition coefficient (Wildman–Crippen LogP) is 1.17. The van der Waals surface area contributed by atoms with Crippen molar-refractivity contribution < 1.29 is 0 Å². The van der Waals surface area contributed by atoms with Gasteiger partial charge in [0.25, 0.3) is 0 Å². The third-order valence-electron chi connectivity index (χ3n) is 2.78. The van der Waals surface area contributed by atoms with Crippen molar-refractivity contribution in [2.75, 3.05) is 5.75 Å². The second-order valence-corrected chi connectivity index (χ2v) is 4.76. The Hall–Kier alpha value is -0.550. The largest absolute Gasteiger partial charge is 0.324 e. The highest BCUT2D eigenvalue weighted by molar-refractivity contribution is 7.99. The molecule has 4 nitrogen and oxygen atoms in total. The molecule has 0 saturated heterocycles. The van der Waals surface area contributed by atoms with Crippen LogP contribution in [-0.4, -0.2) is 20.5 Å². The van der Waals surface area contributed by atoms with Crippen LogP contribution >= 0.6 is 11.8 Å². The third kappa shape index (κ3) is 1.93. The highest BCUT2D eigenvalue weighted by Gasteiger charge is 2.18. The zero-order valence-electron chi connectivity index (χ0n) is 8.44. The molecule has 1 aromatic heterocycles. The van der Waals surface area contributed by atoms with Crippen molar-refractivity contribution in [3.63, 3.8) is 0 Å². The Morgan fingerprint density at radius 3 is 2.79 bits per heavy atom. The average molecular weight is 212 g/mol. The molecule has 14 heavy (non-hydrogen) atoms. The molecule has 0 amide bonds. The minimum atomic E-state index is 0.466. The summed E-state index contributed by atoms with van der Waals surface area (Å²) in [5.74, 6) is 2.94. The summed E-state index contributed by atoms with van der Waals surface area (Å²) in [6, 6.07) is 0. The van der Waals surface area contributed by atoms with Crippen LogP contribution in [-0.2, 0) is 13.6 Å². The lowest BCUT2D eigenvalue weighted by Gasteiger charge is -2.24. The summed E-state index contributed by atoms with van der Waals surface area (Å²) in [4.78, 5) is 0. The van der Waals surface area contributed by atoms with E-state index in [0.717, 1.165) is 16.9 Å². The standard InChI is InChI=1S/C9H16N4S/c1-13-8(5-10)11-12-9(13)14-6-7-3-2-4-7/h7H,2-6,10H2,1H3. The van der Waals surface area contributed by atoms with Crippen LogP contribution in [0.4, 0.5) is 0 Å². The fourth-order valence-corrected chi connectivity index (χ4v) is 2.62. The number of nitrogens with zero attached hydrogens (tertiary/aromatic N) is 3.